The lowest BCUT2D eigenvalue weighted by Crippen LogP contribution is -2.49. The predicted octanol–water partition coefficient (Wildman–Crippen LogP) is -0.831. The summed E-state index contributed by atoms with van der Waals surface area (Å²) >= 11 is 0. The maximum atomic E-state index is 9.80. The second-order valence-electron chi connectivity index (χ2n) is 4.48. The second kappa shape index (κ2) is 3.20. The molecule has 4 heteroatoms. The van der Waals surface area contributed by atoms with Crippen LogP contribution in [0.5, 0.6) is 0 Å². The van der Waals surface area contributed by atoms with Crippen molar-refractivity contribution in [2.45, 2.75) is 31.1 Å². The molecule has 0 aromatic heterocycles. The van der Waals surface area contributed by atoms with E-state index in [4.69, 9.17) is 10.5 Å². The van der Waals surface area contributed by atoms with Gasteiger partial charge in [0.15, 0.2) is 0 Å². The van der Waals surface area contributed by atoms with E-state index in [2.05, 4.69) is 4.90 Å². The van der Waals surface area contributed by atoms with E-state index < -0.39 is 5.60 Å². The number of β-amino-alcohol motifs (C(OH)–C–C–N with tert-alkyl or cyclic N) is 1. The van der Waals surface area contributed by atoms with Gasteiger partial charge in [0, 0.05) is 25.7 Å². The van der Waals surface area contributed by atoms with Crippen LogP contribution in [0.15, 0.2) is 0 Å². The number of nitrogens with two attached hydrogens (primary N) is 1. The smallest absolute Gasteiger partial charge is 0.0867 e. The molecule has 0 aliphatic carbocycles. The average Bonchev–Trinajstić information content (AvgIpc) is 2.64. The van der Waals surface area contributed by atoms with E-state index >= 15 is 0 Å². The van der Waals surface area contributed by atoms with E-state index in [0.717, 1.165) is 19.6 Å². The molecule has 3 N–H and O–H groups in total. The number of fused-ring (bicyclic) bond motifs is 2. The van der Waals surface area contributed by atoms with Gasteiger partial charge in [-0.3, -0.25) is 4.90 Å². The predicted molar refractivity (Wildman–Crippen MR) is 49.4 cm³/mol. The lowest BCUT2D eigenvalue weighted by Gasteiger charge is -2.33. The van der Waals surface area contributed by atoms with Gasteiger partial charge in [-0.1, -0.05) is 0 Å². The number of aliphatic hydroxyl groups is 1. The van der Waals surface area contributed by atoms with Crippen LogP contribution in [-0.4, -0.2) is 54.0 Å². The van der Waals surface area contributed by atoms with Crippen molar-refractivity contribution in [1.82, 2.24) is 4.90 Å². The maximum absolute atomic E-state index is 9.80. The highest BCUT2D eigenvalue weighted by molar-refractivity contribution is 4.94. The van der Waals surface area contributed by atoms with Gasteiger partial charge in [0.1, 0.15) is 0 Å². The van der Waals surface area contributed by atoms with Gasteiger partial charge in [-0.25, -0.2) is 0 Å². The Morgan fingerprint density at radius 2 is 2.46 bits per heavy atom. The molecule has 2 fully saturated rings. The molecule has 0 aromatic carbocycles. The first-order valence-corrected chi connectivity index (χ1v) is 4.89. The number of hydrogen-bond acceptors (Lipinski definition) is 4. The van der Waals surface area contributed by atoms with E-state index in [1.165, 1.54) is 0 Å². The molecule has 2 aliphatic rings. The first kappa shape index (κ1) is 9.40. The summed E-state index contributed by atoms with van der Waals surface area (Å²) in [6.07, 6.45) is 1.53. The van der Waals surface area contributed by atoms with Crippen LogP contribution in [0.25, 0.3) is 0 Å². The number of rotatable bonds is 3. The molecule has 0 aromatic rings. The van der Waals surface area contributed by atoms with Crippen molar-refractivity contribution in [2.75, 3.05) is 26.2 Å². The van der Waals surface area contributed by atoms with E-state index in [1.54, 1.807) is 6.92 Å². The Balaban J connectivity index is 1.89. The van der Waals surface area contributed by atoms with Gasteiger partial charge in [-0.05, 0) is 13.3 Å². The van der Waals surface area contributed by atoms with Crippen LogP contribution in [0.3, 0.4) is 0 Å². The van der Waals surface area contributed by atoms with Crippen molar-refractivity contribution in [3.05, 3.63) is 0 Å². The Labute approximate surface area is 78.7 Å². The van der Waals surface area contributed by atoms with Crippen molar-refractivity contribution >= 4 is 0 Å². The SMILES string of the molecule is CC(O)(CN)CN1CC2CC1CO2. The quantitative estimate of drug-likeness (QED) is 0.604. The summed E-state index contributed by atoms with van der Waals surface area (Å²) in [4.78, 5) is 2.29. The van der Waals surface area contributed by atoms with Gasteiger partial charge < -0.3 is 15.6 Å². The molecule has 0 saturated carbocycles. The Hall–Kier alpha value is -0.160. The van der Waals surface area contributed by atoms with Crippen LogP contribution in [0, 0.1) is 0 Å². The minimum absolute atomic E-state index is 0.321. The molecular weight excluding hydrogens is 168 g/mol. The summed E-state index contributed by atoms with van der Waals surface area (Å²) in [7, 11) is 0. The van der Waals surface area contributed by atoms with Crippen LogP contribution in [0.1, 0.15) is 13.3 Å². The third kappa shape index (κ3) is 1.86. The highest BCUT2D eigenvalue weighted by Gasteiger charge is 2.40. The molecule has 2 bridgehead atoms. The Bertz CT molecular complexity index is 196. The Morgan fingerprint density at radius 1 is 1.69 bits per heavy atom. The standard InChI is InChI=1S/C9H18N2O2/c1-9(12,5-10)6-11-3-8-2-7(11)4-13-8/h7-8,12H,2-6,10H2,1H3. The fraction of sp³-hybridized carbons (Fsp3) is 1.00. The van der Waals surface area contributed by atoms with Gasteiger partial charge in [0.25, 0.3) is 0 Å². The third-order valence-electron chi connectivity index (χ3n) is 3.00. The molecule has 2 aliphatic heterocycles. The topological polar surface area (TPSA) is 58.7 Å². The molecule has 2 saturated heterocycles. The summed E-state index contributed by atoms with van der Waals surface area (Å²) in [5, 5.41) is 9.80. The summed E-state index contributed by atoms with van der Waals surface area (Å²) in [6, 6.07) is 0.517. The maximum Gasteiger partial charge on any atom is 0.0867 e. The van der Waals surface area contributed by atoms with Crippen LogP contribution in [0.4, 0.5) is 0 Å². The zero-order chi connectivity index (χ0) is 9.47. The number of hydrogen-bond donors (Lipinski definition) is 2. The van der Waals surface area contributed by atoms with E-state index in [0.29, 0.717) is 25.2 Å². The van der Waals surface area contributed by atoms with Crippen LogP contribution in [-0.2, 0) is 4.74 Å². The van der Waals surface area contributed by atoms with Gasteiger partial charge in [0.2, 0.25) is 0 Å². The molecule has 0 amide bonds. The van der Waals surface area contributed by atoms with Crippen molar-refractivity contribution in [3.8, 4) is 0 Å². The van der Waals surface area contributed by atoms with Gasteiger partial charge >= 0.3 is 0 Å². The van der Waals surface area contributed by atoms with Crippen molar-refractivity contribution < 1.29 is 9.84 Å². The lowest BCUT2D eigenvalue weighted by atomic mass is 10.1. The Morgan fingerprint density at radius 3 is 2.92 bits per heavy atom. The zero-order valence-corrected chi connectivity index (χ0v) is 8.07. The Kier molecular flexibility index (Phi) is 2.32. The minimum Gasteiger partial charge on any atom is -0.388 e. The molecule has 3 unspecified atom stereocenters. The highest BCUT2D eigenvalue weighted by atomic mass is 16.5. The largest absolute Gasteiger partial charge is 0.388 e. The normalized spacial score (nSPS) is 38.1. The van der Waals surface area contributed by atoms with Crippen LogP contribution >= 0.6 is 0 Å². The van der Waals surface area contributed by atoms with Crippen LogP contribution < -0.4 is 5.73 Å². The van der Waals surface area contributed by atoms with E-state index in [9.17, 15) is 5.11 Å². The van der Waals surface area contributed by atoms with Crippen molar-refractivity contribution in [3.63, 3.8) is 0 Å². The molecule has 4 nitrogen and oxygen atoms in total. The first-order valence-electron chi connectivity index (χ1n) is 4.89. The van der Waals surface area contributed by atoms with E-state index in [-0.39, 0.29) is 0 Å². The van der Waals surface area contributed by atoms with Gasteiger partial charge in [-0.2, -0.15) is 0 Å². The number of morpholine rings is 1. The molecule has 2 rings (SSSR count). The lowest BCUT2D eigenvalue weighted by molar-refractivity contribution is -0.0206. The van der Waals surface area contributed by atoms with E-state index in [1.807, 2.05) is 0 Å². The third-order valence-corrected chi connectivity index (χ3v) is 3.00. The summed E-state index contributed by atoms with van der Waals surface area (Å²) in [6.45, 7) is 4.57. The summed E-state index contributed by atoms with van der Waals surface area (Å²) in [5.41, 5.74) is 4.73. The molecule has 0 radical (unpaired) electrons. The number of likely N-dealkylation sites (tertiary alicyclic amines) is 1. The molecule has 3 atom stereocenters. The average molecular weight is 186 g/mol. The van der Waals surface area contributed by atoms with Crippen molar-refractivity contribution in [1.29, 1.82) is 0 Å². The second-order valence-corrected chi connectivity index (χ2v) is 4.48. The molecule has 13 heavy (non-hydrogen) atoms. The highest BCUT2D eigenvalue weighted by Crippen LogP contribution is 2.28. The molecular formula is C9H18N2O2. The van der Waals surface area contributed by atoms with Crippen molar-refractivity contribution in [2.24, 2.45) is 5.73 Å². The zero-order valence-electron chi connectivity index (χ0n) is 8.07. The molecule has 0 spiro atoms. The van der Waals surface area contributed by atoms with Crippen LogP contribution in [0.2, 0.25) is 0 Å². The van der Waals surface area contributed by atoms with Gasteiger partial charge in [0.05, 0.1) is 18.3 Å². The monoisotopic (exact) mass is 186 g/mol. The number of ether oxygens (including phenoxy) is 1. The molecule has 76 valence electrons. The summed E-state index contributed by atoms with van der Waals surface area (Å²) < 4.78 is 5.48. The van der Waals surface area contributed by atoms with Gasteiger partial charge in [-0.15, -0.1) is 0 Å². The first-order chi connectivity index (χ1) is 6.11. The fourth-order valence-corrected chi connectivity index (χ4v) is 2.17. The molecule has 2 heterocycles. The summed E-state index contributed by atoms with van der Waals surface area (Å²) in [5.74, 6) is 0. The number of nitrogens with zero attached hydrogens (tertiary/aromatic N) is 1. The fourth-order valence-electron chi connectivity index (χ4n) is 2.17. The minimum atomic E-state index is -0.746.